The molecular weight excluding hydrogens is 446 g/mol. The van der Waals surface area contributed by atoms with Crippen LogP contribution in [0.5, 0.6) is 11.5 Å². The molecule has 5 atom stereocenters. The molecule has 30 heavy (non-hydrogen) atoms. The van der Waals surface area contributed by atoms with Crippen LogP contribution < -0.4 is 4.74 Å². The molecule has 1 fully saturated rings. The fourth-order valence-corrected chi connectivity index (χ4v) is 6.36. The fraction of sp³-hybridized carbons (Fsp3) is 0.375. The molecule has 5 nitrogen and oxygen atoms in total. The van der Waals surface area contributed by atoms with Gasteiger partial charge in [-0.05, 0) is 68.4 Å². The number of hydrogen-bond donors (Lipinski definition) is 1. The van der Waals surface area contributed by atoms with Gasteiger partial charge in [-0.15, -0.1) is 0 Å². The standard InChI is InChI=1S/C24H22BrNO4/c1-26-11-10-24-16-7-9-19(29-23(28)13-2-5-15(25)6-3-13)22(24)30-21-18(27)8-4-14(20(21)24)12-17(16)26/h2-9,16-17,19,22,27H,10-12H2,1H3/t16-,17+,19-,22-,24-/m0/s1. The van der Waals surface area contributed by atoms with Gasteiger partial charge in [-0.3, -0.25) is 0 Å². The summed E-state index contributed by atoms with van der Waals surface area (Å²) in [5, 5.41) is 10.6. The minimum absolute atomic E-state index is 0.173. The SMILES string of the molecule is CN1CC[C@]23c4c5ccc(O)c4O[C@H]2[C@@H](OC(=O)c2ccc(Br)cc2)C=C[C@H]3[C@H]1C5. The van der Waals surface area contributed by atoms with E-state index in [1.54, 1.807) is 18.2 Å². The zero-order valence-corrected chi connectivity index (χ0v) is 18.1. The molecule has 6 heteroatoms. The zero-order valence-electron chi connectivity index (χ0n) is 16.5. The minimum atomic E-state index is -0.501. The number of carbonyl (C=O) groups is 1. The molecule has 0 aromatic heterocycles. The highest BCUT2D eigenvalue weighted by molar-refractivity contribution is 9.10. The number of carbonyl (C=O) groups excluding carboxylic acids is 1. The van der Waals surface area contributed by atoms with Crippen molar-refractivity contribution in [1.82, 2.24) is 4.90 Å². The lowest BCUT2D eigenvalue weighted by Gasteiger charge is -2.56. The maximum absolute atomic E-state index is 12.9. The topological polar surface area (TPSA) is 59.0 Å². The average molecular weight is 468 g/mol. The molecule has 0 amide bonds. The van der Waals surface area contributed by atoms with E-state index in [0.29, 0.717) is 17.4 Å². The van der Waals surface area contributed by atoms with Gasteiger partial charge in [-0.1, -0.05) is 28.1 Å². The quantitative estimate of drug-likeness (QED) is 0.537. The Morgan fingerprint density at radius 1 is 1.23 bits per heavy atom. The highest BCUT2D eigenvalue weighted by Crippen LogP contribution is 2.62. The summed E-state index contributed by atoms with van der Waals surface area (Å²) in [6.45, 7) is 0.955. The summed E-state index contributed by atoms with van der Waals surface area (Å²) in [5.41, 5.74) is 2.62. The summed E-state index contributed by atoms with van der Waals surface area (Å²) in [4.78, 5) is 15.3. The van der Waals surface area contributed by atoms with E-state index >= 15 is 0 Å². The second-order valence-corrected chi connectivity index (χ2v) is 9.73. The van der Waals surface area contributed by atoms with E-state index < -0.39 is 6.10 Å². The van der Waals surface area contributed by atoms with Crippen LogP contribution in [0.2, 0.25) is 0 Å². The third-order valence-electron chi connectivity index (χ3n) is 7.45. The lowest BCUT2D eigenvalue weighted by Crippen LogP contribution is -2.65. The number of likely N-dealkylation sites (tertiary alicyclic amines) is 1. The first-order valence-electron chi connectivity index (χ1n) is 10.4. The van der Waals surface area contributed by atoms with E-state index in [1.165, 1.54) is 5.56 Å². The summed E-state index contributed by atoms with van der Waals surface area (Å²) < 4.78 is 13.3. The van der Waals surface area contributed by atoms with Crippen LogP contribution in [0, 0.1) is 5.92 Å². The number of phenolic OH excluding ortho intramolecular Hbond substituents is 1. The van der Waals surface area contributed by atoms with E-state index in [1.807, 2.05) is 24.3 Å². The number of piperidine rings is 1. The van der Waals surface area contributed by atoms with Gasteiger partial charge < -0.3 is 19.5 Å². The molecule has 2 aromatic carbocycles. The van der Waals surface area contributed by atoms with Crippen LogP contribution in [0.4, 0.5) is 0 Å². The molecule has 154 valence electrons. The van der Waals surface area contributed by atoms with Gasteiger partial charge in [0.05, 0.1) is 5.56 Å². The normalized spacial score (nSPS) is 33.0. The Morgan fingerprint density at radius 2 is 2.03 bits per heavy atom. The Balaban J connectivity index is 1.42. The lowest BCUT2D eigenvalue weighted by atomic mass is 9.53. The van der Waals surface area contributed by atoms with Gasteiger partial charge >= 0.3 is 5.97 Å². The first-order chi connectivity index (χ1) is 14.5. The van der Waals surface area contributed by atoms with Crippen molar-refractivity contribution in [2.45, 2.75) is 36.5 Å². The lowest BCUT2D eigenvalue weighted by molar-refractivity contribution is -0.0555. The highest BCUT2D eigenvalue weighted by atomic mass is 79.9. The van der Waals surface area contributed by atoms with Crippen molar-refractivity contribution in [1.29, 1.82) is 0 Å². The molecule has 2 aromatic rings. The van der Waals surface area contributed by atoms with E-state index in [-0.39, 0.29) is 29.2 Å². The van der Waals surface area contributed by atoms with Gasteiger partial charge in [0.2, 0.25) is 0 Å². The second kappa shape index (κ2) is 6.34. The zero-order chi connectivity index (χ0) is 20.6. The van der Waals surface area contributed by atoms with Crippen molar-refractivity contribution in [3.63, 3.8) is 0 Å². The van der Waals surface area contributed by atoms with Crippen molar-refractivity contribution in [3.05, 3.63) is 69.7 Å². The van der Waals surface area contributed by atoms with Crippen molar-refractivity contribution < 1.29 is 19.4 Å². The van der Waals surface area contributed by atoms with Gasteiger partial charge in [0, 0.05) is 27.4 Å². The molecule has 0 unspecified atom stereocenters. The molecule has 2 heterocycles. The molecule has 2 bridgehead atoms. The summed E-state index contributed by atoms with van der Waals surface area (Å²) in [6.07, 6.45) is 5.24. The number of esters is 1. The Labute approximate surface area is 183 Å². The van der Waals surface area contributed by atoms with Crippen LogP contribution in [0.3, 0.4) is 0 Å². The van der Waals surface area contributed by atoms with Gasteiger partial charge in [0.15, 0.2) is 17.6 Å². The first kappa shape index (κ1) is 18.5. The summed E-state index contributed by atoms with van der Waals surface area (Å²) in [5.74, 6) is 0.668. The number of phenols is 1. The number of hydrogen-bond acceptors (Lipinski definition) is 5. The monoisotopic (exact) mass is 467 g/mol. The molecule has 1 spiro atoms. The van der Waals surface area contributed by atoms with Crippen LogP contribution in [0.15, 0.2) is 53.0 Å². The Hall–Kier alpha value is -2.31. The van der Waals surface area contributed by atoms with Crippen molar-refractivity contribution in [3.8, 4) is 11.5 Å². The molecule has 0 saturated carbocycles. The van der Waals surface area contributed by atoms with Gasteiger partial charge in [0.1, 0.15) is 6.10 Å². The molecule has 2 aliphatic carbocycles. The van der Waals surface area contributed by atoms with E-state index in [9.17, 15) is 9.90 Å². The van der Waals surface area contributed by atoms with Gasteiger partial charge in [-0.2, -0.15) is 0 Å². The maximum Gasteiger partial charge on any atom is 0.338 e. The van der Waals surface area contributed by atoms with Crippen molar-refractivity contribution in [2.75, 3.05) is 13.6 Å². The van der Waals surface area contributed by atoms with Crippen molar-refractivity contribution in [2.24, 2.45) is 5.92 Å². The minimum Gasteiger partial charge on any atom is -0.504 e. The summed E-state index contributed by atoms with van der Waals surface area (Å²) in [6, 6.07) is 11.3. The molecular formula is C24H22BrNO4. The Morgan fingerprint density at radius 3 is 2.83 bits per heavy atom. The predicted molar refractivity (Wildman–Crippen MR) is 115 cm³/mol. The Kier molecular flexibility index (Phi) is 3.90. The van der Waals surface area contributed by atoms with E-state index in [2.05, 4.69) is 34.0 Å². The molecule has 4 aliphatic rings. The molecule has 6 rings (SSSR count). The number of rotatable bonds is 2. The fourth-order valence-electron chi connectivity index (χ4n) is 6.10. The van der Waals surface area contributed by atoms with E-state index in [4.69, 9.17) is 9.47 Å². The Bertz CT molecular complexity index is 1080. The number of aromatic hydroxyl groups is 1. The molecule has 1 saturated heterocycles. The summed E-state index contributed by atoms with van der Waals surface area (Å²) in [7, 11) is 2.18. The average Bonchev–Trinajstić information content (AvgIpc) is 3.09. The van der Waals surface area contributed by atoms with Crippen LogP contribution in [-0.4, -0.2) is 47.8 Å². The molecule has 0 radical (unpaired) electrons. The van der Waals surface area contributed by atoms with Crippen LogP contribution in [0.1, 0.15) is 27.9 Å². The third-order valence-corrected chi connectivity index (χ3v) is 7.98. The number of ether oxygens (including phenoxy) is 2. The summed E-state index contributed by atoms with van der Waals surface area (Å²) >= 11 is 3.40. The van der Waals surface area contributed by atoms with Gasteiger partial charge in [-0.25, -0.2) is 4.79 Å². The number of likely N-dealkylation sites (N-methyl/N-ethyl adjacent to an activating group) is 1. The maximum atomic E-state index is 12.9. The first-order valence-corrected chi connectivity index (χ1v) is 11.2. The van der Waals surface area contributed by atoms with E-state index in [0.717, 1.165) is 29.4 Å². The van der Waals surface area contributed by atoms with Gasteiger partial charge in [0.25, 0.3) is 0 Å². The van der Waals surface area contributed by atoms with Crippen molar-refractivity contribution >= 4 is 21.9 Å². The van der Waals surface area contributed by atoms with Crippen LogP contribution in [0.25, 0.3) is 0 Å². The predicted octanol–water partition coefficient (Wildman–Crippen LogP) is 3.83. The third kappa shape index (κ3) is 2.35. The number of benzene rings is 2. The van der Waals surface area contributed by atoms with Crippen LogP contribution in [-0.2, 0) is 16.6 Å². The largest absolute Gasteiger partial charge is 0.504 e. The smallest absolute Gasteiger partial charge is 0.338 e. The second-order valence-electron chi connectivity index (χ2n) is 8.82. The number of halogens is 1. The van der Waals surface area contributed by atoms with Crippen LogP contribution >= 0.6 is 15.9 Å². The molecule has 1 N–H and O–H groups in total. The number of nitrogens with zero attached hydrogens (tertiary/aromatic N) is 1. The highest BCUT2D eigenvalue weighted by Gasteiger charge is 2.65. The molecule has 2 aliphatic heterocycles.